The molecule has 1 heterocycles. The van der Waals surface area contributed by atoms with Crippen LogP contribution in [0, 0.1) is 11.7 Å². The molecule has 0 saturated carbocycles. The Kier molecular flexibility index (Phi) is 4.82. The lowest BCUT2D eigenvalue weighted by Crippen LogP contribution is -2.38. The lowest BCUT2D eigenvalue weighted by Gasteiger charge is -2.22. The number of alkyl halides is 3. The third kappa shape index (κ3) is 4.17. The first kappa shape index (κ1) is 15.8. The largest absolute Gasteiger partial charge is 0.416 e. The maximum Gasteiger partial charge on any atom is 0.416 e. The van der Waals surface area contributed by atoms with Crippen molar-refractivity contribution >= 4 is 5.91 Å². The first-order chi connectivity index (χ1) is 9.88. The molecule has 1 aromatic rings. The Morgan fingerprint density at radius 2 is 1.95 bits per heavy atom. The van der Waals surface area contributed by atoms with Gasteiger partial charge in [0.2, 0.25) is 5.91 Å². The summed E-state index contributed by atoms with van der Waals surface area (Å²) >= 11 is 0. The van der Waals surface area contributed by atoms with Gasteiger partial charge in [0.25, 0.3) is 0 Å². The Bertz CT molecular complexity index is 510. The van der Waals surface area contributed by atoms with Gasteiger partial charge in [-0.3, -0.25) is 4.79 Å². The highest BCUT2D eigenvalue weighted by atomic mass is 19.4. The summed E-state index contributed by atoms with van der Waals surface area (Å²) in [4.78, 5) is 11.9. The zero-order valence-electron chi connectivity index (χ0n) is 11.3. The molecule has 0 radical (unpaired) electrons. The van der Waals surface area contributed by atoms with Crippen LogP contribution in [0.1, 0.15) is 24.0 Å². The van der Waals surface area contributed by atoms with Gasteiger partial charge in [-0.05, 0) is 43.6 Å². The number of hydrogen-bond donors (Lipinski definition) is 2. The van der Waals surface area contributed by atoms with Crippen LogP contribution in [0.15, 0.2) is 18.2 Å². The molecule has 0 spiro atoms. The smallest absolute Gasteiger partial charge is 0.352 e. The van der Waals surface area contributed by atoms with E-state index in [-0.39, 0.29) is 23.9 Å². The van der Waals surface area contributed by atoms with Crippen LogP contribution in [0.2, 0.25) is 0 Å². The van der Waals surface area contributed by atoms with E-state index in [0.29, 0.717) is 18.9 Å². The van der Waals surface area contributed by atoms with E-state index in [1.54, 1.807) is 0 Å². The van der Waals surface area contributed by atoms with Crippen molar-refractivity contribution in [2.75, 3.05) is 13.1 Å². The van der Waals surface area contributed by atoms with E-state index in [0.717, 1.165) is 25.2 Å². The molecule has 1 fully saturated rings. The molecule has 1 saturated heterocycles. The average molecular weight is 304 g/mol. The second-order valence-electron chi connectivity index (χ2n) is 5.04. The van der Waals surface area contributed by atoms with Crippen LogP contribution in [-0.2, 0) is 17.5 Å². The number of amides is 1. The molecular formula is C14H16F4N2O. The third-order valence-electron chi connectivity index (χ3n) is 3.54. The maximum atomic E-state index is 13.0. The molecule has 0 atom stereocenters. The van der Waals surface area contributed by atoms with E-state index < -0.39 is 17.6 Å². The van der Waals surface area contributed by atoms with Gasteiger partial charge in [0.05, 0.1) is 5.56 Å². The van der Waals surface area contributed by atoms with E-state index in [4.69, 9.17) is 0 Å². The molecule has 0 bridgehead atoms. The molecule has 3 nitrogen and oxygen atoms in total. The summed E-state index contributed by atoms with van der Waals surface area (Å²) in [6.07, 6.45) is -3.31. The van der Waals surface area contributed by atoms with Gasteiger partial charge in [0, 0.05) is 12.5 Å². The van der Waals surface area contributed by atoms with Crippen molar-refractivity contribution in [1.29, 1.82) is 0 Å². The van der Waals surface area contributed by atoms with Gasteiger partial charge in [-0.2, -0.15) is 13.2 Å². The highest BCUT2D eigenvalue weighted by Gasteiger charge is 2.34. The van der Waals surface area contributed by atoms with E-state index in [2.05, 4.69) is 10.6 Å². The number of piperidine rings is 1. The zero-order chi connectivity index (χ0) is 15.5. The lowest BCUT2D eigenvalue weighted by atomic mass is 9.97. The first-order valence-electron chi connectivity index (χ1n) is 6.72. The summed E-state index contributed by atoms with van der Waals surface area (Å²) in [6.45, 7) is 1.20. The van der Waals surface area contributed by atoms with Crippen LogP contribution in [0.4, 0.5) is 17.6 Å². The van der Waals surface area contributed by atoms with Crippen LogP contribution >= 0.6 is 0 Å². The summed E-state index contributed by atoms with van der Waals surface area (Å²) in [7, 11) is 0. The molecular weight excluding hydrogens is 288 g/mol. The summed E-state index contributed by atoms with van der Waals surface area (Å²) in [5.41, 5.74) is -1.18. The second-order valence-corrected chi connectivity index (χ2v) is 5.04. The van der Waals surface area contributed by atoms with Gasteiger partial charge < -0.3 is 10.6 Å². The molecule has 1 aliphatic rings. The number of carbonyl (C=O) groups excluding carboxylic acids is 1. The lowest BCUT2D eigenvalue weighted by molar-refractivity contribution is -0.138. The number of carbonyl (C=O) groups is 1. The summed E-state index contributed by atoms with van der Waals surface area (Å²) in [6, 6.07) is 2.47. The molecule has 2 rings (SSSR count). The van der Waals surface area contributed by atoms with E-state index in [1.807, 2.05) is 0 Å². The second kappa shape index (κ2) is 6.43. The molecule has 1 aliphatic heterocycles. The minimum absolute atomic E-state index is 0.133. The summed E-state index contributed by atoms with van der Waals surface area (Å²) < 4.78 is 51.4. The zero-order valence-corrected chi connectivity index (χ0v) is 11.3. The Hall–Kier alpha value is -1.63. The number of halogens is 4. The van der Waals surface area contributed by atoms with E-state index in [9.17, 15) is 22.4 Å². The fraction of sp³-hybridized carbons (Fsp3) is 0.500. The Morgan fingerprint density at radius 1 is 1.29 bits per heavy atom. The van der Waals surface area contributed by atoms with Crippen LogP contribution < -0.4 is 10.6 Å². The van der Waals surface area contributed by atoms with Crippen molar-refractivity contribution in [3.05, 3.63) is 35.1 Å². The molecule has 0 unspecified atom stereocenters. The van der Waals surface area contributed by atoms with Gasteiger partial charge in [0.1, 0.15) is 5.82 Å². The minimum Gasteiger partial charge on any atom is -0.352 e. The Morgan fingerprint density at radius 3 is 2.57 bits per heavy atom. The van der Waals surface area contributed by atoms with Gasteiger partial charge in [-0.1, -0.05) is 6.07 Å². The van der Waals surface area contributed by atoms with Crippen molar-refractivity contribution in [3.8, 4) is 0 Å². The van der Waals surface area contributed by atoms with Gasteiger partial charge in [-0.15, -0.1) is 0 Å². The van der Waals surface area contributed by atoms with Crippen molar-refractivity contribution < 1.29 is 22.4 Å². The number of nitrogens with one attached hydrogen (secondary N) is 2. The molecule has 116 valence electrons. The minimum atomic E-state index is -4.64. The summed E-state index contributed by atoms with van der Waals surface area (Å²) in [5.74, 6) is -1.38. The molecule has 1 aromatic carbocycles. The Labute approximate surface area is 119 Å². The Balaban J connectivity index is 2.04. The summed E-state index contributed by atoms with van der Waals surface area (Å²) in [5, 5.41) is 5.62. The van der Waals surface area contributed by atoms with Crippen molar-refractivity contribution in [1.82, 2.24) is 10.6 Å². The molecule has 7 heteroatoms. The van der Waals surface area contributed by atoms with Gasteiger partial charge in [-0.25, -0.2) is 4.39 Å². The molecule has 0 aliphatic carbocycles. The predicted octanol–water partition coefficient (Wildman–Crippen LogP) is 2.46. The van der Waals surface area contributed by atoms with Crippen LogP contribution in [0.5, 0.6) is 0 Å². The number of benzene rings is 1. The van der Waals surface area contributed by atoms with Gasteiger partial charge in [0.15, 0.2) is 0 Å². The molecule has 21 heavy (non-hydrogen) atoms. The fourth-order valence-electron chi connectivity index (χ4n) is 2.38. The van der Waals surface area contributed by atoms with Crippen LogP contribution in [0.3, 0.4) is 0 Å². The third-order valence-corrected chi connectivity index (χ3v) is 3.54. The molecule has 2 N–H and O–H groups in total. The van der Waals surface area contributed by atoms with Gasteiger partial charge >= 0.3 is 6.18 Å². The predicted molar refractivity (Wildman–Crippen MR) is 68.8 cm³/mol. The molecule has 0 aromatic heterocycles. The first-order valence-corrected chi connectivity index (χ1v) is 6.72. The molecule has 1 amide bonds. The standard InChI is InChI=1S/C14H16F4N2O/c15-11-2-1-10(12(7-11)14(16,17)18)8-20-13(21)9-3-5-19-6-4-9/h1-2,7,9,19H,3-6,8H2,(H,20,21). The SMILES string of the molecule is O=C(NCc1ccc(F)cc1C(F)(F)F)C1CCNCC1. The number of rotatable bonds is 3. The maximum absolute atomic E-state index is 13.0. The fourth-order valence-corrected chi connectivity index (χ4v) is 2.38. The van der Waals surface area contributed by atoms with Crippen LogP contribution in [-0.4, -0.2) is 19.0 Å². The van der Waals surface area contributed by atoms with E-state index >= 15 is 0 Å². The quantitative estimate of drug-likeness (QED) is 0.842. The van der Waals surface area contributed by atoms with E-state index in [1.165, 1.54) is 0 Å². The highest BCUT2D eigenvalue weighted by Crippen LogP contribution is 2.32. The average Bonchev–Trinajstić information content (AvgIpc) is 2.45. The number of hydrogen-bond acceptors (Lipinski definition) is 2. The normalized spacial score (nSPS) is 16.8. The monoisotopic (exact) mass is 304 g/mol. The highest BCUT2D eigenvalue weighted by molar-refractivity contribution is 5.78. The van der Waals surface area contributed by atoms with Crippen LogP contribution in [0.25, 0.3) is 0 Å². The van der Waals surface area contributed by atoms with Crippen molar-refractivity contribution in [2.45, 2.75) is 25.6 Å². The topological polar surface area (TPSA) is 41.1 Å². The van der Waals surface area contributed by atoms with Crippen molar-refractivity contribution in [2.24, 2.45) is 5.92 Å². The van der Waals surface area contributed by atoms with Crippen molar-refractivity contribution in [3.63, 3.8) is 0 Å².